The molecule has 32 heavy (non-hydrogen) atoms. The molecule has 0 bridgehead atoms. The molecule has 1 N–H and O–H groups in total. The fraction of sp³-hybridized carbons (Fsp3) is 0.0435. The molecule has 4 aromatic rings. The van der Waals surface area contributed by atoms with Crippen molar-refractivity contribution in [3.05, 3.63) is 97.9 Å². The zero-order valence-electron chi connectivity index (χ0n) is 16.6. The third-order valence-corrected chi connectivity index (χ3v) is 5.12. The molecule has 0 aliphatic rings. The molecule has 0 spiro atoms. The number of rotatable bonds is 5. The number of para-hydroxylation sites is 1. The quantitative estimate of drug-likeness (QED) is 0.251. The Labute approximate surface area is 186 Å². The molecule has 4 rings (SSSR count). The number of nitrogens with one attached hydrogen (secondary N) is 1. The van der Waals surface area contributed by atoms with Gasteiger partial charge in [0.25, 0.3) is 11.6 Å². The van der Waals surface area contributed by atoms with Gasteiger partial charge in [0.05, 0.1) is 23.3 Å². The van der Waals surface area contributed by atoms with Crippen molar-refractivity contribution in [3.63, 3.8) is 0 Å². The van der Waals surface area contributed by atoms with E-state index >= 15 is 0 Å². The largest absolute Gasteiger partial charge is 0.495 e. The molecule has 3 aromatic carbocycles. The second-order valence-electron chi connectivity index (χ2n) is 6.78. The molecule has 0 unspecified atom stereocenters. The predicted molar refractivity (Wildman–Crippen MR) is 121 cm³/mol. The van der Waals surface area contributed by atoms with Crippen molar-refractivity contribution in [3.8, 4) is 16.9 Å². The number of benzene rings is 3. The minimum absolute atomic E-state index is 0.0405. The highest BCUT2D eigenvalue weighted by Crippen LogP contribution is 2.32. The van der Waals surface area contributed by atoms with E-state index in [1.165, 1.54) is 19.2 Å². The highest BCUT2D eigenvalue weighted by molar-refractivity contribution is 6.32. The van der Waals surface area contributed by atoms with Crippen LogP contribution in [0.25, 0.3) is 22.1 Å². The van der Waals surface area contributed by atoms with Crippen LogP contribution in [-0.2, 0) is 0 Å². The molecule has 1 heterocycles. The van der Waals surface area contributed by atoms with Gasteiger partial charge in [0.2, 0.25) is 0 Å². The summed E-state index contributed by atoms with van der Waals surface area (Å²) >= 11 is 5.82. The molecule has 1 amide bonds. The van der Waals surface area contributed by atoms with Crippen molar-refractivity contribution in [2.45, 2.75) is 0 Å². The first-order valence-corrected chi connectivity index (χ1v) is 9.72. The van der Waals surface area contributed by atoms with Gasteiger partial charge < -0.3 is 14.5 Å². The number of carbonyl (C=O) groups is 1. The summed E-state index contributed by atoms with van der Waals surface area (Å²) in [5, 5.41) is 14.5. The first kappa shape index (κ1) is 21.1. The molecule has 0 fully saturated rings. The lowest BCUT2D eigenvalue weighted by Gasteiger charge is -2.12. The van der Waals surface area contributed by atoms with E-state index in [0.29, 0.717) is 22.5 Å². The number of amides is 1. The summed E-state index contributed by atoms with van der Waals surface area (Å²) in [4.78, 5) is 35.7. The van der Waals surface area contributed by atoms with Gasteiger partial charge in [-0.25, -0.2) is 4.79 Å². The van der Waals surface area contributed by atoms with Crippen LogP contribution in [0, 0.1) is 10.1 Å². The van der Waals surface area contributed by atoms with Crippen LogP contribution in [0.2, 0.25) is 5.02 Å². The number of nitro groups is 1. The van der Waals surface area contributed by atoms with E-state index in [-0.39, 0.29) is 22.0 Å². The number of hydrogen-bond donors (Lipinski definition) is 1. The third kappa shape index (κ3) is 4.03. The molecular formula is C23H15ClN2O6. The van der Waals surface area contributed by atoms with E-state index < -0.39 is 16.5 Å². The van der Waals surface area contributed by atoms with Crippen molar-refractivity contribution in [1.29, 1.82) is 0 Å². The molecule has 0 aliphatic heterocycles. The number of nitro benzene ring substituents is 1. The average Bonchev–Trinajstić information content (AvgIpc) is 2.78. The topological polar surface area (TPSA) is 112 Å². The van der Waals surface area contributed by atoms with Gasteiger partial charge in [-0.1, -0.05) is 35.9 Å². The Morgan fingerprint density at radius 3 is 2.62 bits per heavy atom. The molecule has 1 aromatic heterocycles. The van der Waals surface area contributed by atoms with E-state index in [1.807, 2.05) is 12.1 Å². The van der Waals surface area contributed by atoms with Crippen LogP contribution in [0.3, 0.4) is 0 Å². The van der Waals surface area contributed by atoms with Gasteiger partial charge >= 0.3 is 5.63 Å². The normalized spacial score (nSPS) is 10.7. The van der Waals surface area contributed by atoms with E-state index in [0.717, 1.165) is 11.5 Å². The van der Waals surface area contributed by atoms with Gasteiger partial charge in [-0.2, -0.15) is 0 Å². The van der Waals surface area contributed by atoms with Crippen LogP contribution in [0.15, 0.2) is 75.9 Å². The van der Waals surface area contributed by atoms with E-state index in [2.05, 4.69) is 5.32 Å². The Balaban J connectivity index is 1.73. The lowest BCUT2D eigenvalue weighted by atomic mass is 10.0. The molecule has 0 saturated heterocycles. The minimum atomic E-state index is -0.667. The zero-order chi connectivity index (χ0) is 22.8. The second kappa shape index (κ2) is 8.52. The van der Waals surface area contributed by atoms with Gasteiger partial charge in [-0.05, 0) is 42.0 Å². The van der Waals surface area contributed by atoms with Crippen molar-refractivity contribution in [1.82, 2.24) is 0 Å². The number of hydrogen-bond acceptors (Lipinski definition) is 6. The summed E-state index contributed by atoms with van der Waals surface area (Å²) in [7, 11) is 1.43. The number of carbonyl (C=O) groups excluding carboxylic acids is 1. The highest BCUT2D eigenvalue weighted by Gasteiger charge is 2.18. The fourth-order valence-electron chi connectivity index (χ4n) is 3.22. The van der Waals surface area contributed by atoms with Crippen molar-refractivity contribution >= 4 is 39.9 Å². The Morgan fingerprint density at radius 1 is 1.09 bits per heavy atom. The highest BCUT2D eigenvalue weighted by atomic mass is 35.5. The Hall–Kier alpha value is -4.17. The fourth-order valence-corrected chi connectivity index (χ4v) is 3.41. The van der Waals surface area contributed by atoms with Gasteiger partial charge in [-0.3, -0.25) is 14.9 Å². The number of methoxy groups -OCH3 is 1. The molecule has 8 nitrogen and oxygen atoms in total. The number of ether oxygens (including phenoxy) is 1. The van der Waals surface area contributed by atoms with Gasteiger partial charge in [-0.15, -0.1) is 0 Å². The Bertz CT molecular complexity index is 1430. The van der Waals surface area contributed by atoms with Crippen LogP contribution < -0.4 is 15.7 Å². The monoisotopic (exact) mass is 450 g/mol. The molecular weight excluding hydrogens is 436 g/mol. The van der Waals surface area contributed by atoms with Crippen LogP contribution in [0.5, 0.6) is 5.75 Å². The SMILES string of the molecule is COc1ccc(-c2cc3ccccc3oc2=O)cc1NC(=O)c1ccc(Cl)c([N+](=O)[O-])c1. The summed E-state index contributed by atoms with van der Waals surface area (Å²) in [6, 6.07) is 17.4. The molecule has 160 valence electrons. The average molecular weight is 451 g/mol. The summed E-state index contributed by atoms with van der Waals surface area (Å²) in [6.07, 6.45) is 0. The molecule has 0 radical (unpaired) electrons. The van der Waals surface area contributed by atoms with Gasteiger partial charge in [0.1, 0.15) is 16.4 Å². The van der Waals surface area contributed by atoms with Crippen LogP contribution >= 0.6 is 11.6 Å². The first-order chi connectivity index (χ1) is 15.4. The van der Waals surface area contributed by atoms with Gasteiger partial charge in [0, 0.05) is 17.0 Å². The van der Waals surface area contributed by atoms with Crippen LogP contribution in [0.4, 0.5) is 11.4 Å². The van der Waals surface area contributed by atoms with E-state index in [1.54, 1.807) is 36.4 Å². The third-order valence-electron chi connectivity index (χ3n) is 4.81. The van der Waals surface area contributed by atoms with Crippen LogP contribution in [-0.4, -0.2) is 17.9 Å². The van der Waals surface area contributed by atoms with Crippen LogP contribution in [0.1, 0.15) is 10.4 Å². The maximum absolute atomic E-state index is 12.7. The maximum Gasteiger partial charge on any atom is 0.344 e. The first-order valence-electron chi connectivity index (χ1n) is 9.34. The molecule has 9 heteroatoms. The summed E-state index contributed by atoms with van der Waals surface area (Å²) in [5.74, 6) is -0.262. The molecule has 0 aliphatic carbocycles. The van der Waals surface area contributed by atoms with E-state index in [9.17, 15) is 19.7 Å². The molecule has 0 saturated carbocycles. The lowest BCUT2D eigenvalue weighted by Crippen LogP contribution is -2.13. The smallest absolute Gasteiger partial charge is 0.344 e. The summed E-state index contributed by atoms with van der Waals surface area (Å²) in [6.45, 7) is 0. The predicted octanol–water partition coefficient (Wildman–Crippen LogP) is 5.28. The van der Waals surface area contributed by atoms with Crippen molar-refractivity contribution < 1.29 is 18.9 Å². The zero-order valence-corrected chi connectivity index (χ0v) is 17.4. The number of nitrogens with zero attached hydrogens (tertiary/aromatic N) is 1. The number of halogens is 1. The summed E-state index contributed by atoms with van der Waals surface area (Å²) < 4.78 is 10.7. The number of anilines is 1. The maximum atomic E-state index is 12.7. The van der Waals surface area contributed by atoms with E-state index in [4.69, 9.17) is 20.8 Å². The number of fused-ring (bicyclic) bond motifs is 1. The Morgan fingerprint density at radius 2 is 1.88 bits per heavy atom. The Kier molecular flexibility index (Phi) is 5.61. The van der Waals surface area contributed by atoms with Crippen molar-refractivity contribution in [2.75, 3.05) is 12.4 Å². The lowest BCUT2D eigenvalue weighted by molar-refractivity contribution is -0.384. The summed E-state index contributed by atoms with van der Waals surface area (Å²) in [5.41, 5.74) is 0.687. The minimum Gasteiger partial charge on any atom is -0.495 e. The molecule has 0 atom stereocenters. The van der Waals surface area contributed by atoms with Crippen molar-refractivity contribution in [2.24, 2.45) is 0 Å². The standard InChI is InChI=1S/C23H15ClN2O6/c1-31-21-9-7-13(16-10-14-4-2-3-5-20(14)32-23(16)28)11-18(21)25-22(27)15-6-8-17(24)19(12-15)26(29)30/h2-12H,1H3,(H,25,27). The van der Waals surface area contributed by atoms with Gasteiger partial charge in [0.15, 0.2) is 0 Å². The second-order valence-corrected chi connectivity index (χ2v) is 7.19.